The number of methoxy groups -OCH3 is 2. The van der Waals surface area contributed by atoms with Crippen LogP contribution in [0, 0.1) is 0 Å². The highest BCUT2D eigenvalue weighted by Gasteiger charge is 2.21. The normalized spacial score (nSPS) is 10.6. The number of ether oxygens (including phenoxy) is 3. The number of aromatic nitrogens is 5. The number of hydrogen-bond donors (Lipinski definition) is 1. The van der Waals surface area contributed by atoms with Crippen LogP contribution < -0.4 is 14.2 Å². The van der Waals surface area contributed by atoms with Gasteiger partial charge in [-0.1, -0.05) is 24.8 Å². The molecule has 9 heteroatoms. The van der Waals surface area contributed by atoms with Crippen LogP contribution in [0.15, 0.2) is 55.3 Å². The number of rotatable bonds is 8. The Bertz CT molecular complexity index is 1250. The van der Waals surface area contributed by atoms with Gasteiger partial charge in [0.15, 0.2) is 17.3 Å². The van der Waals surface area contributed by atoms with Crippen molar-refractivity contribution in [3.63, 3.8) is 0 Å². The minimum Gasteiger partial charge on any atom is -0.493 e. The minimum atomic E-state index is -0.261. The van der Waals surface area contributed by atoms with Gasteiger partial charge in [0.1, 0.15) is 18.1 Å². The lowest BCUT2D eigenvalue weighted by molar-refractivity contribution is 0.103. The summed E-state index contributed by atoms with van der Waals surface area (Å²) in [7, 11) is 3.07. The predicted octanol–water partition coefficient (Wildman–Crippen LogP) is 3.23. The first-order valence-corrected chi connectivity index (χ1v) is 9.33. The van der Waals surface area contributed by atoms with E-state index < -0.39 is 0 Å². The van der Waals surface area contributed by atoms with E-state index in [0.717, 1.165) is 0 Å². The molecule has 2 heterocycles. The maximum absolute atomic E-state index is 13.4. The van der Waals surface area contributed by atoms with Crippen LogP contribution in [0.25, 0.3) is 22.2 Å². The summed E-state index contributed by atoms with van der Waals surface area (Å²) in [5, 5.41) is 15.2. The Morgan fingerprint density at radius 1 is 1.13 bits per heavy atom. The van der Waals surface area contributed by atoms with E-state index in [1.165, 1.54) is 7.11 Å². The minimum absolute atomic E-state index is 0.257. The lowest BCUT2D eigenvalue weighted by Gasteiger charge is -2.13. The molecular weight excluding hydrogens is 398 g/mol. The Hall–Kier alpha value is -4.27. The highest BCUT2D eigenvalue weighted by Crippen LogP contribution is 2.37. The number of ketones is 1. The molecule has 0 aliphatic carbocycles. The van der Waals surface area contributed by atoms with Gasteiger partial charge in [0.2, 0.25) is 5.78 Å². The molecule has 0 unspecified atom stereocenters. The number of carbonyl (C=O) groups excluding carboxylic acids is 1. The van der Waals surface area contributed by atoms with Gasteiger partial charge in [0.05, 0.1) is 14.2 Å². The number of carbonyl (C=O) groups is 1. The molecule has 2 aromatic heterocycles. The first kappa shape index (κ1) is 20.0. The van der Waals surface area contributed by atoms with Crippen molar-refractivity contribution in [2.24, 2.45) is 0 Å². The fourth-order valence-corrected chi connectivity index (χ4v) is 3.23. The van der Waals surface area contributed by atoms with E-state index in [9.17, 15) is 4.79 Å². The van der Waals surface area contributed by atoms with E-state index >= 15 is 0 Å². The number of nitrogens with one attached hydrogen (secondary N) is 1. The highest BCUT2D eigenvalue weighted by molar-refractivity contribution is 6.17. The van der Waals surface area contributed by atoms with Crippen LogP contribution in [0.5, 0.6) is 17.2 Å². The summed E-state index contributed by atoms with van der Waals surface area (Å²) in [4.78, 5) is 17.8. The van der Waals surface area contributed by atoms with Crippen LogP contribution in [0.4, 0.5) is 0 Å². The average Bonchev–Trinajstić information content (AvgIpc) is 3.35. The lowest BCUT2D eigenvalue weighted by Crippen LogP contribution is -2.07. The Labute approximate surface area is 177 Å². The molecule has 31 heavy (non-hydrogen) atoms. The first-order chi connectivity index (χ1) is 15.2. The second-order valence-corrected chi connectivity index (χ2v) is 6.48. The quantitative estimate of drug-likeness (QED) is 0.343. The van der Waals surface area contributed by atoms with Gasteiger partial charge in [-0.25, -0.2) is 5.10 Å². The van der Waals surface area contributed by atoms with Gasteiger partial charge in [0, 0.05) is 28.1 Å². The highest BCUT2D eigenvalue weighted by atomic mass is 16.5. The Morgan fingerprint density at radius 3 is 2.58 bits per heavy atom. The van der Waals surface area contributed by atoms with Crippen molar-refractivity contribution in [1.29, 1.82) is 0 Å². The third-order valence-electron chi connectivity index (χ3n) is 4.67. The van der Waals surface area contributed by atoms with Crippen molar-refractivity contribution >= 4 is 16.6 Å². The zero-order valence-electron chi connectivity index (χ0n) is 17.0. The van der Waals surface area contributed by atoms with Crippen molar-refractivity contribution in [2.75, 3.05) is 20.8 Å². The molecule has 0 radical (unpaired) electrons. The summed E-state index contributed by atoms with van der Waals surface area (Å²) in [6.45, 7) is 3.98. The number of H-pyrrole nitrogens is 1. The molecule has 0 saturated heterocycles. The van der Waals surface area contributed by atoms with Crippen LogP contribution in [0.3, 0.4) is 0 Å². The van der Waals surface area contributed by atoms with Gasteiger partial charge in [-0.2, -0.15) is 0 Å². The van der Waals surface area contributed by atoms with Gasteiger partial charge < -0.3 is 14.2 Å². The second kappa shape index (κ2) is 8.62. The van der Waals surface area contributed by atoms with Crippen molar-refractivity contribution in [1.82, 2.24) is 25.6 Å². The van der Waals surface area contributed by atoms with Gasteiger partial charge in [0.25, 0.3) is 0 Å². The SMILES string of the molecule is C=CCOc1cccc(C(=O)c2ncc(-c3nnn[nH]3)c3cc(OC)c(OC)cc23)c1. The van der Waals surface area contributed by atoms with E-state index in [4.69, 9.17) is 14.2 Å². The molecule has 0 aliphatic heterocycles. The molecule has 0 aliphatic rings. The zero-order chi connectivity index (χ0) is 21.8. The third-order valence-corrected chi connectivity index (χ3v) is 4.67. The fraction of sp³-hybridized carbons (Fsp3) is 0.136. The Morgan fingerprint density at radius 2 is 1.90 bits per heavy atom. The van der Waals surface area contributed by atoms with Crippen LogP contribution in [0.1, 0.15) is 16.1 Å². The summed E-state index contributed by atoms with van der Waals surface area (Å²) in [5.74, 6) is 1.71. The fourth-order valence-electron chi connectivity index (χ4n) is 3.23. The van der Waals surface area contributed by atoms with E-state index in [1.54, 1.807) is 55.8 Å². The summed E-state index contributed by atoms with van der Waals surface area (Å²) < 4.78 is 16.4. The molecule has 0 spiro atoms. The lowest BCUT2D eigenvalue weighted by atomic mass is 9.98. The summed E-state index contributed by atoms with van der Waals surface area (Å²) in [6.07, 6.45) is 3.20. The van der Waals surface area contributed by atoms with E-state index in [-0.39, 0.29) is 11.5 Å². The molecule has 2 aromatic carbocycles. The topological polar surface area (TPSA) is 112 Å². The Balaban J connectivity index is 1.89. The van der Waals surface area contributed by atoms with E-state index in [1.807, 2.05) is 0 Å². The number of pyridine rings is 1. The molecule has 4 aromatic rings. The summed E-state index contributed by atoms with van der Waals surface area (Å²) in [5.41, 5.74) is 1.33. The Kier molecular flexibility index (Phi) is 5.57. The monoisotopic (exact) mass is 417 g/mol. The van der Waals surface area contributed by atoms with Gasteiger partial charge in [-0.3, -0.25) is 9.78 Å². The van der Waals surface area contributed by atoms with Crippen LogP contribution in [-0.4, -0.2) is 52.2 Å². The molecule has 0 atom stereocenters. The van der Waals surface area contributed by atoms with Crippen LogP contribution >= 0.6 is 0 Å². The number of hydrogen-bond acceptors (Lipinski definition) is 8. The molecular formula is C22H19N5O4. The van der Waals surface area contributed by atoms with Crippen molar-refractivity contribution in [2.45, 2.75) is 0 Å². The average molecular weight is 417 g/mol. The van der Waals surface area contributed by atoms with Crippen molar-refractivity contribution in [3.8, 4) is 28.6 Å². The summed E-state index contributed by atoms with van der Waals surface area (Å²) in [6, 6.07) is 10.4. The van der Waals surface area contributed by atoms with Crippen LogP contribution in [-0.2, 0) is 0 Å². The van der Waals surface area contributed by atoms with E-state index in [0.29, 0.717) is 51.6 Å². The number of benzene rings is 2. The molecule has 0 bridgehead atoms. The number of fused-ring (bicyclic) bond motifs is 1. The van der Waals surface area contributed by atoms with Gasteiger partial charge >= 0.3 is 0 Å². The maximum Gasteiger partial charge on any atom is 0.212 e. The van der Waals surface area contributed by atoms with Crippen molar-refractivity contribution < 1.29 is 19.0 Å². The van der Waals surface area contributed by atoms with Crippen LogP contribution in [0.2, 0.25) is 0 Å². The summed E-state index contributed by atoms with van der Waals surface area (Å²) >= 11 is 0. The standard InChI is InChI=1S/C22H19N5O4/c1-4-8-31-14-7-5-6-13(9-14)21(28)20-16-11-19(30-3)18(29-2)10-15(16)17(12-23-20)22-24-26-27-25-22/h4-7,9-12H,1,8H2,2-3H3,(H,24,25,26,27). The molecule has 4 rings (SSSR count). The molecule has 0 saturated carbocycles. The zero-order valence-corrected chi connectivity index (χ0v) is 17.0. The predicted molar refractivity (Wildman–Crippen MR) is 114 cm³/mol. The largest absolute Gasteiger partial charge is 0.493 e. The van der Waals surface area contributed by atoms with Crippen molar-refractivity contribution in [3.05, 3.63) is 66.5 Å². The smallest absolute Gasteiger partial charge is 0.212 e. The molecule has 0 fully saturated rings. The maximum atomic E-state index is 13.4. The molecule has 156 valence electrons. The molecule has 1 N–H and O–H groups in total. The number of aromatic amines is 1. The van der Waals surface area contributed by atoms with Gasteiger partial charge in [-0.05, 0) is 34.7 Å². The van der Waals surface area contributed by atoms with Gasteiger partial charge in [-0.15, -0.1) is 5.10 Å². The number of tetrazole rings is 1. The first-order valence-electron chi connectivity index (χ1n) is 9.33. The molecule has 0 amide bonds. The second-order valence-electron chi connectivity index (χ2n) is 6.48. The molecule has 9 nitrogen and oxygen atoms in total. The van der Waals surface area contributed by atoms with E-state index in [2.05, 4.69) is 32.2 Å². The third kappa shape index (κ3) is 3.80. The number of nitrogens with zero attached hydrogens (tertiary/aromatic N) is 4.